The van der Waals surface area contributed by atoms with Gasteiger partial charge in [0.25, 0.3) is 0 Å². The second-order valence-corrected chi connectivity index (χ2v) is 9.40. The average molecular weight is 349 g/mol. The average Bonchev–Trinajstić information content (AvgIpc) is 2.58. The van der Waals surface area contributed by atoms with Crippen molar-refractivity contribution in [3.05, 3.63) is 35.4 Å². The van der Waals surface area contributed by atoms with Gasteiger partial charge in [-0.3, -0.25) is 4.21 Å². The predicted octanol–water partition coefficient (Wildman–Crippen LogP) is 3.35. The number of fused-ring (bicyclic) bond motifs is 1. The Balaban J connectivity index is 1.70. The number of nitrogens with zero attached hydrogens (tertiary/aromatic N) is 1. The molecule has 1 aliphatic carbocycles. The molecule has 0 saturated carbocycles. The number of urea groups is 1. The third kappa shape index (κ3) is 3.51. The number of carbonyl (C=O) groups is 1. The Labute approximate surface area is 147 Å². The quantitative estimate of drug-likeness (QED) is 0.891. The Kier molecular flexibility index (Phi) is 5.00. The van der Waals surface area contributed by atoms with Crippen molar-refractivity contribution in [2.45, 2.75) is 57.0 Å². The van der Waals surface area contributed by atoms with Crippen molar-refractivity contribution in [3.8, 4) is 0 Å². The van der Waals surface area contributed by atoms with Crippen LogP contribution in [0, 0.1) is 0 Å². The van der Waals surface area contributed by atoms with Gasteiger partial charge in [0.2, 0.25) is 0 Å². The van der Waals surface area contributed by atoms with Crippen LogP contribution in [0.15, 0.2) is 24.3 Å². The van der Waals surface area contributed by atoms with E-state index in [2.05, 4.69) is 43.4 Å². The molecule has 1 saturated heterocycles. The highest BCUT2D eigenvalue weighted by molar-refractivity contribution is 7.85. The first-order chi connectivity index (χ1) is 11.4. The molecule has 4 nitrogen and oxygen atoms in total. The highest BCUT2D eigenvalue weighted by Crippen LogP contribution is 2.41. The zero-order valence-corrected chi connectivity index (χ0v) is 15.7. The fraction of sp³-hybridized carbons (Fsp3) is 0.632. The van der Waals surface area contributed by atoms with E-state index < -0.39 is 10.8 Å². The SMILES string of the molecule is CN(C(=O)NC1CCC(C)(C)c2ccccc21)C1CCS(=O)CC1. The fourth-order valence-electron chi connectivity index (χ4n) is 3.95. The molecule has 0 spiro atoms. The van der Waals surface area contributed by atoms with Crippen LogP contribution in [0.4, 0.5) is 4.79 Å². The maximum Gasteiger partial charge on any atom is 0.317 e. The van der Waals surface area contributed by atoms with Crippen molar-refractivity contribution in [2.24, 2.45) is 0 Å². The van der Waals surface area contributed by atoms with E-state index in [4.69, 9.17) is 0 Å². The Bertz CT molecular complexity index is 634. The van der Waals surface area contributed by atoms with Crippen molar-refractivity contribution in [1.82, 2.24) is 10.2 Å². The van der Waals surface area contributed by atoms with E-state index in [0.29, 0.717) is 11.5 Å². The summed E-state index contributed by atoms with van der Waals surface area (Å²) >= 11 is 0. The molecule has 5 heteroatoms. The van der Waals surface area contributed by atoms with Crippen molar-refractivity contribution in [1.29, 1.82) is 0 Å². The largest absolute Gasteiger partial charge is 0.331 e. The van der Waals surface area contributed by atoms with Gasteiger partial charge in [0.15, 0.2) is 0 Å². The number of nitrogens with one attached hydrogen (secondary N) is 1. The topological polar surface area (TPSA) is 49.4 Å². The molecule has 1 aliphatic heterocycles. The van der Waals surface area contributed by atoms with E-state index in [-0.39, 0.29) is 23.5 Å². The lowest BCUT2D eigenvalue weighted by atomic mass is 9.71. The molecule has 24 heavy (non-hydrogen) atoms. The summed E-state index contributed by atoms with van der Waals surface area (Å²) in [6, 6.07) is 8.75. The standard InChI is InChI=1S/C19H28N2O2S/c1-19(2)11-8-17(15-6-4-5-7-16(15)19)20-18(22)21(3)14-9-12-24(23)13-10-14/h4-7,14,17H,8-13H2,1-3H3,(H,20,22). The first kappa shape index (κ1) is 17.5. The van der Waals surface area contributed by atoms with Gasteiger partial charge in [-0.05, 0) is 42.2 Å². The maximum absolute atomic E-state index is 12.7. The van der Waals surface area contributed by atoms with Gasteiger partial charge in [-0.15, -0.1) is 0 Å². The van der Waals surface area contributed by atoms with Gasteiger partial charge in [0.1, 0.15) is 0 Å². The molecular formula is C19H28N2O2S. The van der Waals surface area contributed by atoms with Crippen LogP contribution in [0.3, 0.4) is 0 Å². The number of benzene rings is 1. The van der Waals surface area contributed by atoms with Crippen LogP contribution in [-0.4, -0.2) is 39.7 Å². The summed E-state index contributed by atoms with van der Waals surface area (Å²) < 4.78 is 11.5. The highest BCUT2D eigenvalue weighted by Gasteiger charge is 2.34. The van der Waals surface area contributed by atoms with Crippen LogP contribution in [0.2, 0.25) is 0 Å². The summed E-state index contributed by atoms with van der Waals surface area (Å²) in [5.74, 6) is 1.42. The van der Waals surface area contributed by atoms with E-state index in [9.17, 15) is 9.00 Å². The molecule has 1 atom stereocenters. The minimum Gasteiger partial charge on any atom is -0.331 e. The molecule has 1 heterocycles. The van der Waals surface area contributed by atoms with E-state index in [0.717, 1.165) is 25.7 Å². The second kappa shape index (κ2) is 6.87. The van der Waals surface area contributed by atoms with Crippen LogP contribution in [0.5, 0.6) is 0 Å². The molecule has 3 rings (SSSR count). The van der Waals surface area contributed by atoms with Crippen molar-refractivity contribution >= 4 is 16.8 Å². The van der Waals surface area contributed by atoms with Crippen molar-refractivity contribution in [3.63, 3.8) is 0 Å². The third-order valence-electron chi connectivity index (χ3n) is 5.65. The Morgan fingerprint density at radius 1 is 1.21 bits per heavy atom. The molecule has 0 aromatic heterocycles. The number of rotatable bonds is 2. The van der Waals surface area contributed by atoms with Gasteiger partial charge < -0.3 is 10.2 Å². The molecule has 1 N–H and O–H groups in total. The van der Waals surface area contributed by atoms with Crippen LogP contribution in [0.25, 0.3) is 0 Å². The molecule has 1 fully saturated rings. The van der Waals surface area contributed by atoms with E-state index in [1.807, 2.05) is 11.9 Å². The van der Waals surface area contributed by atoms with Gasteiger partial charge in [0.05, 0.1) is 6.04 Å². The second-order valence-electron chi connectivity index (χ2n) is 7.70. The third-order valence-corrected chi connectivity index (χ3v) is 7.03. The fourth-order valence-corrected chi connectivity index (χ4v) is 5.22. The number of hydrogen-bond acceptors (Lipinski definition) is 2. The van der Waals surface area contributed by atoms with Crippen LogP contribution >= 0.6 is 0 Å². The van der Waals surface area contributed by atoms with Crippen molar-refractivity contribution in [2.75, 3.05) is 18.6 Å². The lowest BCUT2D eigenvalue weighted by Crippen LogP contribution is -2.48. The minimum absolute atomic E-state index is 0.00723. The predicted molar refractivity (Wildman–Crippen MR) is 98.6 cm³/mol. The van der Waals surface area contributed by atoms with Gasteiger partial charge in [0, 0.05) is 35.4 Å². The van der Waals surface area contributed by atoms with E-state index in [1.165, 1.54) is 11.1 Å². The number of amides is 2. The zero-order valence-electron chi connectivity index (χ0n) is 14.9. The minimum atomic E-state index is -0.694. The molecular weight excluding hydrogens is 320 g/mol. The molecule has 1 aromatic rings. The van der Waals surface area contributed by atoms with Gasteiger partial charge >= 0.3 is 6.03 Å². The zero-order chi connectivity index (χ0) is 17.3. The first-order valence-corrected chi connectivity index (χ1v) is 10.3. The summed E-state index contributed by atoms with van der Waals surface area (Å²) in [6.07, 6.45) is 3.72. The van der Waals surface area contributed by atoms with E-state index in [1.54, 1.807) is 0 Å². The Hall–Kier alpha value is -1.36. The number of hydrogen-bond donors (Lipinski definition) is 1. The first-order valence-electron chi connectivity index (χ1n) is 8.86. The van der Waals surface area contributed by atoms with Crippen LogP contribution in [0.1, 0.15) is 56.7 Å². The summed E-state index contributed by atoms with van der Waals surface area (Å²) in [4.78, 5) is 14.5. The lowest BCUT2D eigenvalue weighted by Gasteiger charge is -2.39. The van der Waals surface area contributed by atoms with Gasteiger partial charge in [-0.25, -0.2) is 4.79 Å². The van der Waals surface area contributed by atoms with Crippen LogP contribution < -0.4 is 5.32 Å². The smallest absolute Gasteiger partial charge is 0.317 e. The molecule has 1 unspecified atom stereocenters. The Morgan fingerprint density at radius 2 is 1.88 bits per heavy atom. The normalized spacial score (nSPS) is 28.7. The summed E-state index contributed by atoms with van der Waals surface area (Å²) in [5.41, 5.74) is 2.76. The molecule has 2 aliphatic rings. The van der Waals surface area contributed by atoms with Gasteiger partial charge in [-0.2, -0.15) is 0 Å². The summed E-state index contributed by atoms with van der Waals surface area (Å²) in [7, 11) is 1.17. The highest BCUT2D eigenvalue weighted by atomic mass is 32.2. The molecule has 132 valence electrons. The number of carbonyl (C=O) groups excluding carboxylic acids is 1. The maximum atomic E-state index is 12.7. The molecule has 1 aromatic carbocycles. The Morgan fingerprint density at radius 3 is 2.58 bits per heavy atom. The molecule has 0 radical (unpaired) electrons. The van der Waals surface area contributed by atoms with Crippen molar-refractivity contribution < 1.29 is 9.00 Å². The molecule has 0 bridgehead atoms. The summed E-state index contributed by atoms with van der Waals surface area (Å²) in [6.45, 7) is 4.55. The summed E-state index contributed by atoms with van der Waals surface area (Å²) in [5, 5.41) is 3.23. The van der Waals surface area contributed by atoms with Gasteiger partial charge in [-0.1, -0.05) is 38.1 Å². The van der Waals surface area contributed by atoms with E-state index >= 15 is 0 Å². The lowest BCUT2D eigenvalue weighted by molar-refractivity contribution is 0.179. The monoisotopic (exact) mass is 348 g/mol. The molecule has 2 amide bonds. The van der Waals surface area contributed by atoms with Crippen LogP contribution in [-0.2, 0) is 16.2 Å².